The second kappa shape index (κ2) is 8.26. The van der Waals surface area contributed by atoms with Gasteiger partial charge in [-0.05, 0) is 121 Å². The van der Waals surface area contributed by atoms with Crippen LogP contribution in [0.5, 0.6) is 0 Å². The van der Waals surface area contributed by atoms with Gasteiger partial charge in [-0.1, -0.05) is 87.0 Å². The molecule has 5 saturated carbocycles. The molecule has 5 aliphatic rings. The number of hydrogen-bond acceptors (Lipinski definition) is 0. The Morgan fingerprint density at radius 2 is 1.24 bits per heavy atom. The quantitative estimate of drug-likeness (QED) is 0.362. The van der Waals surface area contributed by atoms with Crippen molar-refractivity contribution in [2.24, 2.45) is 56.7 Å². The molecule has 0 aliphatic heterocycles. The minimum absolute atomic E-state index is 0.562. The lowest BCUT2D eigenvalue weighted by Crippen LogP contribution is -2.65. The van der Waals surface area contributed by atoms with E-state index in [2.05, 4.69) is 48.5 Å². The highest BCUT2D eigenvalue weighted by Gasteiger charge is 2.70. The average Bonchev–Trinajstić information content (AvgIpc) is 3.07. The van der Waals surface area contributed by atoms with Crippen molar-refractivity contribution in [3.63, 3.8) is 0 Å². The molecule has 5 aliphatic carbocycles. The first-order valence-electron chi connectivity index (χ1n) is 15.5. The zero-order valence-corrected chi connectivity index (χ0v) is 23.7. The molecule has 0 nitrogen and oxygen atoms in total. The summed E-state index contributed by atoms with van der Waals surface area (Å²) in [5.41, 5.74) is 2.94. The molecule has 0 aromatic rings. The maximum absolute atomic E-state index is 2.83. The van der Waals surface area contributed by atoms with Crippen molar-refractivity contribution in [2.45, 2.75) is 151 Å². The van der Waals surface area contributed by atoms with E-state index in [-0.39, 0.29) is 0 Å². The van der Waals surface area contributed by atoms with Gasteiger partial charge in [0.05, 0.1) is 0 Å². The number of hydrogen-bond donors (Lipinski definition) is 0. The van der Waals surface area contributed by atoms with Crippen LogP contribution in [0.3, 0.4) is 0 Å². The minimum Gasteiger partial charge on any atom is -0.0654 e. The molecule has 5 rings (SSSR count). The molecule has 33 heavy (non-hydrogen) atoms. The van der Waals surface area contributed by atoms with Gasteiger partial charge < -0.3 is 0 Å². The third-order valence-electron chi connectivity index (χ3n) is 14.3. The molecule has 0 heteroatoms. The van der Waals surface area contributed by atoms with Crippen molar-refractivity contribution in [3.8, 4) is 0 Å². The Morgan fingerprint density at radius 3 is 1.94 bits per heavy atom. The van der Waals surface area contributed by atoms with Crippen molar-refractivity contribution in [1.82, 2.24) is 0 Å². The maximum Gasteiger partial charge on any atom is -0.0235 e. The summed E-state index contributed by atoms with van der Waals surface area (Å²) in [7, 11) is 0. The van der Waals surface area contributed by atoms with E-state index < -0.39 is 0 Å². The molecule has 9 atom stereocenters. The van der Waals surface area contributed by atoms with Crippen molar-refractivity contribution in [3.05, 3.63) is 0 Å². The van der Waals surface area contributed by atoms with Gasteiger partial charge >= 0.3 is 0 Å². The standard InChI is InChI=1S/C33H58/c1-8-9-10-11-13-24-16-21-30(4)25(24)17-22-32(6)27(30)14-15-28-31(5)20-12-19-29(2,3)26(31)18-23-33(28,32)7/h24-28H,8-23H2,1-7H3/t24?,25-,26+,27-,28-,30+,31+,32-,33-/m1/s1. The molecule has 0 radical (unpaired) electrons. The molecule has 0 N–H and O–H groups in total. The molecule has 190 valence electrons. The summed E-state index contributed by atoms with van der Waals surface area (Å²) in [5, 5.41) is 0. The molecule has 0 bridgehead atoms. The minimum atomic E-state index is 0.562. The van der Waals surface area contributed by atoms with Gasteiger partial charge in [-0.2, -0.15) is 0 Å². The lowest BCUT2D eigenvalue weighted by molar-refractivity contribution is -0.241. The second-order valence-electron chi connectivity index (χ2n) is 15.8. The lowest BCUT2D eigenvalue weighted by atomic mass is 9.32. The van der Waals surface area contributed by atoms with Crippen LogP contribution in [0.1, 0.15) is 151 Å². The zero-order valence-electron chi connectivity index (χ0n) is 23.7. The van der Waals surface area contributed by atoms with Crippen LogP contribution >= 0.6 is 0 Å². The Balaban J connectivity index is 1.40. The molecular formula is C33H58. The highest BCUT2D eigenvalue weighted by Crippen LogP contribution is 2.77. The summed E-state index contributed by atoms with van der Waals surface area (Å²) in [6.45, 7) is 18.8. The normalized spacial score (nSPS) is 53.0. The Kier molecular flexibility index (Phi) is 6.18. The third-order valence-corrected chi connectivity index (χ3v) is 14.3. The van der Waals surface area contributed by atoms with E-state index in [0.29, 0.717) is 27.1 Å². The summed E-state index contributed by atoms with van der Waals surface area (Å²) in [5.74, 6) is 5.01. The van der Waals surface area contributed by atoms with E-state index >= 15 is 0 Å². The molecule has 0 amide bonds. The maximum atomic E-state index is 2.83. The fourth-order valence-corrected chi connectivity index (χ4v) is 12.6. The molecule has 5 fully saturated rings. The van der Waals surface area contributed by atoms with E-state index in [0.717, 1.165) is 29.6 Å². The SMILES string of the molecule is CCCCCCC1CC[C@@]2(C)[C@@H]1CC[C@]1(C)[C@@H]2CC[C@@H]2[C@@]3(C)CCCC(C)(C)[C@@H]3CC[C@]21C. The van der Waals surface area contributed by atoms with Crippen LogP contribution in [-0.4, -0.2) is 0 Å². The van der Waals surface area contributed by atoms with Crippen LogP contribution in [0.2, 0.25) is 0 Å². The first-order chi connectivity index (χ1) is 15.5. The van der Waals surface area contributed by atoms with Crippen LogP contribution in [0.25, 0.3) is 0 Å². The van der Waals surface area contributed by atoms with E-state index in [1.54, 1.807) is 44.9 Å². The van der Waals surface area contributed by atoms with Crippen LogP contribution < -0.4 is 0 Å². The molecule has 0 spiro atoms. The van der Waals surface area contributed by atoms with Crippen molar-refractivity contribution in [2.75, 3.05) is 0 Å². The second-order valence-corrected chi connectivity index (χ2v) is 15.8. The molecule has 0 saturated heterocycles. The first kappa shape index (κ1) is 24.7. The highest BCUT2D eigenvalue weighted by atomic mass is 14.7. The van der Waals surface area contributed by atoms with Gasteiger partial charge in [0.15, 0.2) is 0 Å². The summed E-state index contributed by atoms with van der Waals surface area (Å²) >= 11 is 0. The molecule has 0 heterocycles. The molecule has 0 aromatic carbocycles. The lowest BCUT2D eigenvalue weighted by Gasteiger charge is -2.73. The van der Waals surface area contributed by atoms with Crippen molar-refractivity contribution >= 4 is 0 Å². The van der Waals surface area contributed by atoms with E-state index in [1.807, 2.05) is 0 Å². The third kappa shape index (κ3) is 3.40. The van der Waals surface area contributed by atoms with Gasteiger partial charge in [0, 0.05) is 0 Å². The van der Waals surface area contributed by atoms with Gasteiger partial charge in [-0.25, -0.2) is 0 Å². The van der Waals surface area contributed by atoms with E-state index in [9.17, 15) is 0 Å². The monoisotopic (exact) mass is 454 g/mol. The van der Waals surface area contributed by atoms with Crippen molar-refractivity contribution in [1.29, 1.82) is 0 Å². The summed E-state index contributed by atoms with van der Waals surface area (Å²) in [6.07, 6.45) is 24.1. The first-order valence-corrected chi connectivity index (χ1v) is 15.5. The fraction of sp³-hybridized carbons (Fsp3) is 1.00. The summed E-state index contributed by atoms with van der Waals surface area (Å²) < 4.78 is 0. The van der Waals surface area contributed by atoms with Crippen molar-refractivity contribution < 1.29 is 0 Å². The predicted molar refractivity (Wildman–Crippen MR) is 143 cm³/mol. The number of rotatable bonds is 5. The Labute approximate surface area is 207 Å². The van der Waals surface area contributed by atoms with E-state index in [4.69, 9.17) is 0 Å². The van der Waals surface area contributed by atoms with Gasteiger partial charge in [0.2, 0.25) is 0 Å². The summed E-state index contributed by atoms with van der Waals surface area (Å²) in [6, 6.07) is 0. The predicted octanol–water partition coefficient (Wildman–Crippen LogP) is 10.4. The average molecular weight is 455 g/mol. The Hall–Kier alpha value is 0. The largest absolute Gasteiger partial charge is 0.0654 e. The van der Waals surface area contributed by atoms with E-state index in [1.165, 1.54) is 57.8 Å². The number of fused-ring (bicyclic) bond motifs is 7. The molecular weight excluding hydrogens is 396 g/mol. The highest BCUT2D eigenvalue weighted by molar-refractivity contribution is 5.18. The van der Waals surface area contributed by atoms with Gasteiger partial charge in [-0.3, -0.25) is 0 Å². The Morgan fingerprint density at radius 1 is 0.576 bits per heavy atom. The van der Waals surface area contributed by atoms with Gasteiger partial charge in [0.25, 0.3) is 0 Å². The van der Waals surface area contributed by atoms with Gasteiger partial charge in [0.1, 0.15) is 0 Å². The van der Waals surface area contributed by atoms with Crippen LogP contribution in [0, 0.1) is 56.7 Å². The number of unbranched alkanes of at least 4 members (excludes halogenated alkanes) is 3. The smallest absolute Gasteiger partial charge is 0.0235 e. The zero-order chi connectivity index (χ0) is 23.7. The Bertz CT molecular complexity index is 720. The molecule has 1 unspecified atom stereocenters. The van der Waals surface area contributed by atoms with Crippen LogP contribution in [0.4, 0.5) is 0 Å². The van der Waals surface area contributed by atoms with Crippen LogP contribution in [0.15, 0.2) is 0 Å². The van der Waals surface area contributed by atoms with Crippen LogP contribution in [-0.2, 0) is 0 Å². The topological polar surface area (TPSA) is 0 Å². The summed E-state index contributed by atoms with van der Waals surface area (Å²) in [4.78, 5) is 0. The fourth-order valence-electron chi connectivity index (χ4n) is 12.6. The molecule has 0 aromatic heterocycles. The van der Waals surface area contributed by atoms with Gasteiger partial charge in [-0.15, -0.1) is 0 Å².